The SMILES string of the molecule is CCNc1ccnc(Cn2cc(Cl)c(=O)[nH]c2=O)c1. The lowest BCUT2D eigenvalue weighted by Crippen LogP contribution is -2.30. The first-order chi connectivity index (χ1) is 9.10. The second-order valence-electron chi connectivity index (χ2n) is 3.93. The zero-order valence-electron chi connectivity index (χ0n) is 10.3. The fraction of sp³-hybridized carbons (Fsp3) is 0.250. The molecule has 2 rings (SSSR count). The predicted octanol–water partition coefficient (Wildman–Crippen LogP) is 1.07. The van der Waals surface area contributed by atoms with Crippen LogP contribution in [-0.4, -0.2) is 21.1 Å². The first-order valence-electron chi connectivity index (χ1n) is 5.78. The summed E-state index contributed by atoms with van der Waals surface area (Å²) in [7, 11) is 0. The maximum Gasteiger partial charge on any atom is 0.328 e. The lowest BCUT2D eigenvalue weighted by Gasteiger charge is -2.07. The molecule has 0 atom stereocenters. The molecule has 0 saturated heterocycles. The molecule has 0 aliphatic carbocycles. The summed E-state index contributed by atoms with van der Waals surface area (Å²) in [6, 6.07) is 3.69. The van der Waals surface area contributed by atoms with Crippen LogP contribution in [0.3, 0.4) is 0 Å². The zero-order chi connectivity index (χ0) is 13.8. The van der Waals surface area contributed by atoms with Gasteiger partial charge < -0.3 is 5.32 Å². The van der Waals surface area contributed by atoms with Gasteiger partial charge in [-0.25, -0.2) is 4.79 Å². The Balaban J connectivity index is 2.31. The average Bonchev–Trinajstić information content (AvgIpc) is 2.37. The van der Waals surface area contributed by atoms with Crippen molar-refractivity contribution in [2.24, 2.45) is 0 Å². The van der Waals surface area contributed by atoms with Crippen molar-refractivity contribution in [1.29, 1.82) is 0 Å². The molecule has 0 spiro atoms. The number of hydrogen-bond donors (Lipinski definition) is 2. The van der Waals surface area contributed by atoms with Crippen LogP contribution >= 0.6 is 11.6 Å². The van der Waals surface area contributed by atoms with Gasteiger partial charge >= 0.3 is 5.69 Å². The van der Waals surface area contributed by atoms with Crippen LogP contribution in [0.1, 0.15) is 12.6 Å². The number of H-pyrrole nitrogens is 1. The number of hydrogen-bond acceptors (Lipinski definition) is 4. The van der Waals surface area contributed by atoms with Gasteiger partial charge in [-0.05, 0) is 19.1 Å². The van der Waals surface area contributed by atoms with Crippen LogP contribution in [-0.2, 0) is 6.54 Å². The Kier molecular flexibility index (Phi) is 4.01. The molecular weight excluding hydrogens is 268 g/mol. The van der Waals surface area contributed by atoms with Gasteiger partial charge in [0.05, 0.1) is 12.2 Å². The highest BCUT2D eigenvalue weighted by molar-refractivity contribution is 6.30. The third-order valence-corrected chi connectivity index (χ3v) is 2.77. The van der Waals surface area contributed by atoms with Gasteiger partial charge in [0.2, 0.25) is 0 Å². The van der Waals surface area contributed by atoms with Gasteiger partial charge in [-0.3, -0.25) is 19.3 Å². The van der Waals surface area contributed by atoms with Gasteiger partial charge in [0, 0.05) is 24.6 Å². The van der Waals surface area contributed by atoms with Gasteiger partial charge in [-0.15, -0.1) is 0 Å². The van der Waals surface area contributed by atoms with Crippen LogP contribution in [0.4, 0.5) is 5.69 Å². The molecule has 0 bridgehead atoms. The molecule has 0 aliphatic rings. The van der Waals surface area contributed by atoms with Crippen LogP contribution in [0, 0.1) is 0 Å². The highest BCUT2D eigenvalue weighted by atomic mass is 35.5. The van der Waals surface area contributed by atoms with Crippen molar-refractivity contribution in [2.75, 3.05) is 11.9 Å². The highest BCUT2D eigenvalue weighted by Crippen LogP contribution is 2.08. The maximum atomic E-state index is 11.6. The lowest BCUT2D eigenvalue weighted by atomic mass is 10.3. The molecule has 0 aromatic carbocycles. The zero-order valence-corrected chi connectivity index (χ0v) is 11.1. The summed E-state index contributed by atoms with van der Waals surface area (Å²) in [5.74, 6) is 0. The quantitative estimate of drug-likeness (QED) is 0.878. The second-order valence-corrected chi connectivity index (χ2v) is 4.34. The van der Waals surface area contributed by atoms with E-state index >= 15 is 0 Å². The second kappa shape index (κ2) is 5.71. The highest BCUT2D eigenvalue weighted by Gasteiger charge is 2.04. The van der Waals surface area contributed by atoms with E-state index in [9.17, 15) is 9.59 Å². The Morgan fingerprint density at radius 3 is 3.00 bits per heavy atom. The minimum absolute atomic E-state index is 0.0255. The maximum absolute atomic E-state index is 11.6. The Morgan fingerprint density at radius 2 is 2.26 bits per heavy atom. The molecule has 0 aliphatic heterocycles. The van der Waals surface area contributed by atoms with Crippen LogP contribution in [0.25, 0.3) is 0 Å². The summed E-state index contributed by atoms with van der Waals surface area (Å²) in [5.41, 5.74) is 0.530. The van der Waals surface area contributed by atoms with Crippen molar-refractivity contribution >= 4 is 17.3 Å². The van der Waals surface area contributed by atoms with Crippen molar-refractivity contribution in [3.63, 3.8) is 0 Å². The summed E-state index contributed by atoms with van der Waals surface area (Å²) in [4.78, 5) is 29.1. The van der Waals surface area contributed by atoms with E-state index < -0.39 is 11.2 Å². The van der Waals surface area contributed by atoms with E-state index in [1.807, 2.05) is 19.1 Å². The van der Waals surface area contributed by atoms with Gasteiger partial charge in [-0.1, -0.05) is 11.6 Å². The fourth-order valence-electron chi connectivity index (χ4n) is 1.65. The van der Waals surface area contributed by atoms with Crippen molar-refractivity contribution in [2.45, 2.75) is 13.5 Å². The molecule has 6 nitrogen and oxygen atoms in total. The molecule has 19 heavy (non-hydrogen) atoms. The van der Waals surface area contributed by atoms with Crippen LogP contribution in [0.5, 0.6) is 0 Å². The average molecular weight is 281 g/mol. The lowest BCUT2D eigenvalue weighted by molar-refractivity contribution is 0.705. The number of nitrogens with one attached hydrogen (secondary N) is 2. The number of pyridine rings is 1. The van der Waals surface area contributed by atoms with E-state index in [0.717, 1.165) is 12.2 Å². The number of nitrogens with zero attached hydrogens (tertiary/aromatic N) is 2. The van der Waals surface area contributed by atoms with E-state index in [0.29, 0.717) is 5.69 Å². The number of rotatable bonds is 4. The van der Waals surface area contributed by atoms with Crippen LogP contribution in [0.15, 0.2) is 34.1 Å². The number of halogens is 1. The van der Waals surface area contributed by atoms with E-state index in [1.165, 1.54) is 10.8 Å². The fourth-order valence-corrected chi connectivity index (χ4v) is 1.82. The van der Waals surface area contributed by atoms with E-state index in [2.05, 4.69) is 15.3 Å². The standard InChI is InChI=1S/C12H13ClN4O2/c1-2-14-8-3-4-15-9(5-8)6-17-7-10(13)11(18)16-12(17)19/h3-5,7H,2,6H2,1H3,(H,14,15)(H,16,18,19). The molecule has 7 heteroatoms. The van der Waals surface area contributed by atoms with Crippen molar-refractivity contribution < 1.29 is 0 Å². The molecule has 2 heterocycles. The molecule has 2 N–H and O–H groups in total. The monoisotopic (exact) mass is 280 g/mol. The largest absolute Gasteiger partial charge is 0.385 e. The predicted molar refractivity (Wildman–Crippen MR) is 73.8 cm³/mol. The Morgan fingerprint density at radius 1 is 1.47 bits per heavy atom. The molecule has 100 valence electrons. The topological polar surface area (TPSA) is 79.8 Å². The first-order valence-corrected chi connectivity index (χ1v) is 6.16. The molecule has 2 aromatic heterocycles. The third kappa shape index (κ3) is 3.23. The summed E-state index contributed by atoms with van der Waals surface area (Å²) >= 11 is 5.70. The molecule has 0 unspecified atom stereocenters. The smallest absolute Gasteiger partial charge is 0.328 e. The molecule has 0 amide bonds. The summed E-state index contributed by atoms with van der Waals surface area (Å²) in [5, 5.41) is 3.13. The Bertz CT molecular complexity index is 693. The molecule has 2 aromatic rings. The number of anilines is 1. The van der Waals surface area contributed by atoms with Gasteiger partial charge in [-0.2, -0.15) is 0 Å². The normalized spacial score (nSPS) is 10.4. The van der Waals surface area contributed by atoms with Crippen LogP contribution < -0.4 is 16.6 Å². The van der Waals surface area contributed by atoms with E-state index in [4.69, 9.17) is 11.6 Å². The van der Waals surface area contributed by atoms with E-state index in [1.54, 1.807) is 6.20 Å². The number of aromatic amines is 1. The van der Waals surface area contributed by atoms with Crippen molar-refractivity contribution in [3.8, 4) is 0 Å². The Labute approximate surface area is 114 Å². The number of aromatic nitrogens is 3. The molecular formula is C12H13ClN4O2. The van der Waals surface area contributed by atoms with Gasteiger partial charge in [0.25, 0.3) is 5.56 Å². The molecule has 0 saturated carbocycles. The molecule has 0 radical (unpaired) electrons. The van der Waals surface area contributed by atoms with Gasteiger partial charge in [0.1, 0.15) is 5.02 Å². The van der Waals surface area contributed by atoms with E-state index in [-0.39, 0.29) is 11.6 Å². The first kappa shape index (κ1) is 13.4. The summed E-state index contributed by atoms with van der Waals surface area (Å²) < 4.78 is 1.31. The van der Waals surface area contributed by atoms with Crippen molar-refractivity contribution in [3.05, 3.63) is 56.1 Å². The van der Waals surface area contributed by atoms with Gasteiger partial charge in [0.15, 0.2) is 0 Å². The molecule has 0 fully saturated rings. The van der Waals surface area contributed by atoms with Crippen molar-refractivity contribution in [1.82, 2.24) is 14.5 Å². The van der Waals surface area contributed by atoms with Crippen LogP contribution in [0.2, 0.25) is 5.02 Å². The summed E-state index contributed by atoms with van der Waals surface area (Å²) in [6.07, 6.45) is 2.97. The third-order valence-electron chi connectivity index (χ3n) is 2.50. The minimum Gasteiger partial charge on any atom is -0.385 e. The summed E-state index contributed by atoms with van der Waals surface area (Å²) in [6.45, 7) is 3.04. The Hall–Kier alpha value is -2.08. The minimum atomic E-state index is -0.586.